The lowest BCUT2D eigenvalue weighted by Crippen LogP contribution is -2.25. The van der Waals surface area contributed by atoms with Crippen LogP contribution in [0.25, 0.3) is 0 Å². The Labute approximate surface area is 132 Å². The minimum atomic E-state index is -4.57. The van der Waals surface area contributed by atoms with Crippen LogP contribution < -0.4 is 5.32 Å². The SMILES string of the molecule is CCCCNC(=O)CCn1nc(C(F)(F)F)c(Cl)c1C1CC1. The molecule has 0 unspecified atom stereocenters. The third kappa shape index (κ3) is 4.15. The summed E-state index contributed by atoms with van der Waals surface area (Å²) in [6, 6.07) is 0. The van der Waals surface area contributed by atoms with Gasteiger partial charge >= 0.3 is 6.18 Å². The molecule has 0 aromatic carbocycles. The van der Waals surface area contributed by atoms with E-state index in [1.54, 1.807) is 0 Å². The highest BCUT2D eigenvalue weighted by atomic mass is 35.5. The third-order valence-corrected chi connectivity index (χ3v) is 3.94. The van der Waals surface area contributed by atoms with E-state index in [4.69, 9.17) is 11.6 Å². The molecule has 4 nitrogen and oxygen atoms in total. The largest absolute Gasteiger partial charge is 0.436 e. The van der Waals surface area contributed by atoms with Crippen LogP contribution in [-0.2, 0) is 17.5 Å². The molecule has 0 aliphatic heterocycles. The van der Waals surface area contributed by atoms with Crippen molar-refractivity contribution in [2.45, 2.75) is 57.7 Å². The molecule has 0 atom stereocenters. The van der Waals surface area contributed by atoms with Crippen molar-refractivity contribution in [2.75, 3.05) is 6.54 Å². The number of rotatable bonds is 7. The molecule has 0 bridgehead atoms. The van der Waals surface area contributed by atoms with Gasteiger partial charge in [0.15, 0.2) is 5.69 Å². The van der Waals surface area contributed by atoms with Gasteiger partial charge in [0.2, 0.25) is 5.91 Å². The fraction of sp³-hybridized carbons (Fsp3) is 0.714. The van der Waals surface area contributed by atoms with Crippen LogP contribution in [0.2, 0.25) is 5.02 Å². The lowest BCUT2D eigenvalue weighted by molar-refractivity contribution is -0.141. The number of amides is 1. The number of halogens is 4. The number of carbonyl (C=O) groups is 1. The van der Waals surface area contributed by atoms with Gasteiger partial charge in [0.05, 0.1) is 17.3 Å². The van der Waals surface area contributed by atoms with Gasteiger partial charge in [-0.05, 0) is 19.3 Å². The van der Waals surface area contributed by atoms with Gasteiger partial charge in [-0.15, -0.1) is 0 Å². The highest BCUT2D eigenvalue weighted by Gasteiger charge is 2.41. The Morgan fingerprint density at radius 2 is 2.14 bits per heavy atom. The van der Waals surface area contributed by atoms with Crippen LogP contribution >= 0.6 is 11.6 Å². The summed E-state index contributed by atoms with van der Waals surface area (Å²) in [5, 5.41) is 6.01. The van der Waals surface area contributed by atoms with E-state index >= 15 is 0 Å². The first-order chi connectivity index (χ1) is 10.3. The first kappa shape index (κ1) is 17.1. The molecule has 22 heavy (non-hydrogen) atoms. The highest BCUT2D eigenvalue weighted by molar-refractivity contribution is 6.32. The Hall–Kier alpha value is -1.24. The molecule has 0 radical (unpaired) electrons. The fourth-order valence-corrected chi connectivity index (χ4v) is 2.65. The number of hydrogen-bond acceptors (Lipinski definition) is 2. The lowest BCUT2D eigenvalue weighted by Gasteiger charge is -2.07. The molecule has 0 spiro atoms. The Morgan fingerprint density at radius 3 is 2.68 bits per heavy atom. The molecule has 8 heteroatoms. The number of aryl methyl sites for hydroxylation is 1. The summed E-state index contributed by atoms with van der Waals surface area (Å²) in [4.78, 5) is 11.7. The smallest absolute Gasteiger partial charge is 0.356 e. The first-order valence-electron chi connectivity index (χ1n) is 7.44. The van der Waals surface area contributed by atoms with E-state index in [1.165, 1.54) is 4.68 Å². The number of nitrogens with one attached hydrogen (secondary N) is 1. The van der Waals surface area contributed by atoms with Crippen LogP contribution in [0.15, 0.2) is 0 Å². The van der Waals surface area contributed by atoms with Crippen LogP contribution in [0.4, 0.5) is 13.2 Å². The molecule has 1 aromatic rings. The van der Waals surface area contributed by atoms with Gasteiger partial charge in [0.25, 0.3) is 0 Å². The summed E-state index contributed by atoms with van der Waals surface area (Å²) in [5.41, 5.74) is -0.641. The normalized spacial score (nSPS) is 15.1. The second kappa shape index (κ2) is 6.89. The maximum Gasteiger partial charge on any atom is 0.436 e. The van der Waals surface area contributed by atoms with Crippen molar-refractivity contribution in [3.05, 3.63) is 16.4 Å². The average Bonchev–Trinajstić information content (AvgIpc) is 3.19. The van der Waals surface area contributed by atoms with Gasteiger partial charge in [-0.2, -0.15) is 18.3 Å². The molecule has 1 heterocycles. The highest BCUT2D eigenvalue weighted by Crippen LogP contribution is 2.46. The molecule has 1 saturated carbocycles. The van der Waals surface area contributed by atoms with Crippen molar-refractivity contribution in [2.24, 2.45) is 0 Å². The number of alkyl halides is 3. The minimum Gasteiger partial charge on any atom is -0.356 e. The minimum absolute atomic E-state index is 0.0271. The van der Waals surface area contributed by atoms with Crippen molar-refractivity contribution in [3.63, 3.8) is 0 Å². The monoisotopic (exact) mass is 337 g/mol. The summed E-state index contributed by atoms with van der Waals surface area (Å²) in [5.74, 6) is -0.158. The van der Waals surface area contributed by atoms with Gasteiger partial charge in [-0.25, -0.2) is 0 Å². The zero-order chi connectivity index (χ0) is 16.3. The standard InChI is InChI=1S/C14H19ClF3N3O/c1-2-3-7-19-10(22)6-8-21-12(9-4-5-9)11(15)13(20-21)14(16,17)18/h9H,2-8H2,1H3,(H,19,22). The molecule has 1 fully saturated rings. The van der Waals surface area contributed by atoms with Gasteiger partial charge < -0.3 is 5.32 Å². The maximum absolute atomic E-state index is 12.9. The molecule has 1 aromatic heterocycles. The first-order valence-corrected chi connectivity index (χ1v) is 7.82. The summed E-state index contributed by atoms with van der Waals surface area (Å²) in [6.45, 7) is 2.70. The van der Waals surface area contributed by atoms with Crippen molar-refractivity contribution in [1.29, 1.82) is 0 Å². The van der Waals surface area contributed by atoms with Crippen LogP contribution in [-0.4, -0.2) is 22.2 Å². The molecule has 124 valence electrons. The molecule has 1 amide bonds. The van der Waals surface area contributed by atoms with E-state index in [2.05, 4.69) is 10.4 Å². The molecule has 2 rings (SSSR count). The quantitative estimate of drug-likeness (QED) is 0.770. The van der Waals surface area contributed by atoms with E-state index in [0.717, 1.165) is 25.7 Å². The van der Waals surface area contributed by atoms with Gasteiger partial charge in [-0.3, -0.25) is 9.48 Å². The molecule has 1 aliphatic rings. The van der Waals surface area contributed by atoms with Crippen molar-refractivity contribution < 1.29 is 18.0 Å². The Kier molecular flexibility index (Phi) is 5.36. The number of aromatic nitrogens is 2. The fourth-order valence-electron chi connectivity index (χ4n) is 2.25. The van der Waals surface area contributed by atoms with E-state index in [1.807, 2.05) is 6.92 Å². The predicted octanol–water partition coefficient (Wildman–Crippen LogP) is 3.74. The molecule has 1 N–H and O–H groups in total. The van der Waals surface area contributed by atoms with E-state index in [-0.39, 0.29) is 29.8 Å². The zero-order valence-electron chi connectivity index (χ0n) is 12.3. The Morgan fingerprint density at radius 1 is 1.45 bits per heavy atom. The van der Waals surface area contributed by atoms with Crippen LogP contribution in [0.1, 0.15) is 56.3 Å². The topological polar surface area (TPSA) is 46.9 Å². The molecular weight excluding hydrogens is 319 g/mol. The van der Waals surface area contributed by atoms with Crippen LogP contribution in [0.3, 0.4) is 0 Å². The van der Waals surface area contributed by atoms with Crippen LogP contribution in [0, 0.1) is 0 Å². The van der Waals surface area contributed by atoms with Crippen molar-refractivity contribution in [3.8, 4) is 0 Å². The van der Waals surface area contributed by atoms with Gasteiger partial charge in [0.1, 0.15) is 0 Å². The second-order valence-corrected chi connectivity index (χ2v) is 5.87. The summed E-state index contributed by atoms with van der Waals surface area (Å²) in [7, 11) is 0. The second-order valence-electron chi connectivity index (χ2n) is 5.50. The number of hydrogen-bond donors (Lipinski definition) is 1. The predicted molar refractivity (Wildman–Crippen MR) is 76.7 cm³/mol. The Bertz CT molecular complexity index is 538. The maximum atomic E-state index is 12.9. The molecular formula is C14H19ClF3N3O. The zero-order valence-corrected chi connectivity index (χ0v) is 13.1. The van der Waals surface area contributed by atoms with E-state index in [0.29, 0.717) is 12.2 Å². The lowest BCUT2D eigenvalue weighted by atomic mass is 10.2. The number of unbranched alkanes of at least 4 members (excludes halogenated alkanes) is 1. The van der Waals surface area contributed by atoms with Crippen molar-refractivity contribution in [1.82, 2.24) is 15.1 Å². The van der Waals surface area contributed by atoms with E-state index < -0.39 is 11.9 Å². The summed E-state index contributed by atoms with van der Waals surface area (Å²) in [6.07, 6.45) is -1.01. The number of carbonyl (C=O) groups excluding carboxylic acids is 1. The van der Waals surface area contributed by atoms with Gasteiger partial charge in [0, 0.05) is 18.9 Å². The molecule has 0 saturated heterocycles. The third-order valence-electron chi connectivity index (χ3n) is 3.57. The summed E-state index contributed by atoms with van der Waals surface area (Å²) >= 11 is 5.86. The summed E-state index contributed by atoms with van der Waals surface area (Å²) < 4.78 is 39.9. The van der Waals surface area contributed by atoms with E-state index in [9.17, 15) is 18.0 Å². The molecule has 1 aliphatic carbocycles. The van der Waals surface area contributed by atoms with Gasteiger partial charge in [-0.1, -0.05) is 24.9 Å². The number of nitrogens with zero attached hydrogens (tertiary/aromatic N) is 2. The van der Waals surface area contributed by atoms with Crippen LogP contribution in [0.5, 0.6) is 0 Å². The Balaban J connectivity index is 2.05. The average molecular weight is 338 g/mol. The van der Waals surface area contributed by atoms with Crippen molar-refractivity contribution >= 4 is 17.5 Å².